The van der Waals surface area contributed by atoms with Crippen molar-refractivity contribution < 1.29 is 29.0 Å². The first-order valence-corrected chi connectivity index (χ1v) is 14.7. The molecule has 0 spiro atoms. The second-order valence-electron chi connectivity index (χ2n) is 11.2. The van der Waals surface area contributed by atoms with Crippen LogP contribution in [0.1, 0.15) is 77.0 Å². The van der Waals surface area contributed by atoms with Gasteiger partial charge in [-0.05, 0) is 61.8 Å². The van der Waals surface area contributed by atoms with E-state index < -0.39 is 11.9 Å². The molecule has 0 radical (unpaired) electrons. The molecule has 42 heavy (non-hydrogen) atoms. The number of ether oxygens (including phenoxy) is 2. The van der Waals surface area contributed by atoms with Crippen molar-refractivity contribution in [3.8, 4) is 5.75 Å². The lowest BCUT2D eigenvalue weighted by Gasteiger charge is -2.32. The maximum absolute atomic E-state index is 13.4. The zero-order chi connectivity index (χ0) is 29.5. The zero-order valence-corrected chi connectivity index (χ0v) is 23.9. The number of carboxylic acids is 1. The summed E-state index contributed by atoms with van der Waals surface area (Å²) in [6.45, 7) is 2.63. The number of aromatic nitrogens is 2. The molecule has 222 valence electrons. The number of nitrogens with one attached hydrogen (secondary N) is 2. The predicted octanol–water partition coefficient (Wildman–Crippen LogP) is 4.97. The normalized spacial score (nSPS) is 18.6. The van der Waals surface area contributed by atoms with Gasteiger partial charge in [0.25, 0.3) is 5.91 Å². The fourth-order valence-corrected chi connectivity index (χ4v) is 5.37. The number of rotatable bonds is 12. The van der Waals surface area contributed by atoms with Gasteiger partial charge in [0.15, 0.2) is 5.69 Å². The minimum absolute atomic E-state index is 0.0329. The molecular weight excluding hydrogens is 536 g/mol. The molecule has 10 nitrogen and oxygen atoms in total. The van der Waals surface area contributed by atoms with Gasteiger partial charge < -0.3 is 25.2 Å². The SMILES string of the molecule is Cc1ccc(OCC2CCC2)c(NC(=O)c2cc(C(=O)O)nn2CC(=O)N[C@H]2CCCC[C@@H]2OCc2ccccc2)c1. The molecular formula is C32H38N4O6. The average Bonchev–Trinajstić information content (AvgIpc) is 3.37. The van der Waals surface area contributed by atoms with Gasteiger partial charge in [-0.15, -0.1) is 0 Å². The fraction of sp³-hybridized carbons (Fsp3) is 0.438. The molecule has 0 aliphatic heterocycles. The van der Waals surface area contributed by atoms with Crippen LogP contribution in [0.4, 0.5) is 5.69 Å². The summed E-state index contributed by atoms with van der Waals surface area (Å²) in [7, 11) is 0. The Bertz CT molecular complexity index is 1400. The van der Waals surface area contributed by atoms with Crippen molar-refractivity contribution in [3.63, 3.8) is 0 Å². The molecule has 2 saturated carbocycles. The number of aromatic carboxylic acids is 1. The second-order valence-corrected chi connectivity index (χ2v) is 11.2. The third-order valence-electron chi connectivity index (χ3n) is 7.96. The lowest BCUT2D eigenvalue weighted by atomic mass is 9.86. The smallest absolute Gasteiger partial charge is 0.356 e. The topological polar surface area (TPSA) is 132 Å². The monoisotopic (exact) mass is 574 g/mol. The van der Waals surface area contributed by atoms with E-state index in [1.165, 1.54) is 12.5 Å². The average molecular weight is 575 g/mol. The maximum atomic E-state index is 13.4. The summed E-state index contributed by atoms with van der Waals surface area (Å²) in [4.78, 5) is 38.3. The Morgan fingerprint density at radius 3 is 2.52 bits per heavy atom. The lowest BCUT2D eigenvalue weighted by Crippen LogP contribution is -2.47. The Hall–Kier alpha value is -4.18. The molecule has 5 rings (SSSR count). The van der Waals surface area contributed by atoms with Crippen molar-refractivity contribution in [1.29, 1.82) is 0 Å². The molecule has 0 bridgehead atoms. The van der Waals surface area contributed by atoms with Gasteiger partial charge in [0.2, 0.25) is 5.91 Å². The van der Waals surface area contributed by atoms with E-state index in [9.17, 15) is 19.5 Å². The van der Waals surface area contributed by atoms with E-state index >= 15 is 0 Å². The maximum Gasteiger partial charge on any atom is 0.356 e. The van der Waals surface area contributed by atoms with Crippen LogP contribution in [0.15, 0.2) is 54.6 Å². The van der Waals surface area contributed by atoms with Crippen LogP contribution in [0.25, 0.3) is 0 Å². The Morgan fingerprint density at radius 1 is 1.00 bits per heavy atom. The van der Waals surface area contributed by atoms with Gasteiger partial charge in [0.05, 0.1) is 31.0 Å². The van der Waals surface area contributed by atoms with Crippen LogP contribution in [0.2, 0.25) is 0 Å². The summed E-state index contributed by atoms with van der Waals surface area (Å²) in [5.74, 6) is -1.18. The molecule has 2 fully saturated rings. The van der Waals surface area contributed by atoms with Crippen molar-refractivity contribution in [3.05, 3.63) is 77.1 Å². The standard InChI is InChI=1S/C32H38N4O6/c1-21-14-15-29(42-20-23-10-7-11-23)25(16-21)34-31(38)27-17-26(32(39)40)35-36(27)18-30(37)33-24-12-5-6-13-28(24)41-19-22-8-3-2-4-9-22/h2-4,8-9,14-17,23-24,28H,5-7,10-13,18-20H2,1H3,(H,33,37)(H,34,38)(H,39,40)/t24-,28-/m0/s1. The fourth-order valence-electron chi connectivity index (χ4n) is 5.37. The number of nitrogens with zero attached hydrogens (tertiary/aromatic N) is 2. The Labute approximate surface area is 245 Å². The van der Waals surface area contributed by atoms with Gasteiger partial charge in [0.1, 0.15) is 18.0 Å². The Balaban J connectivity index is 1.26. The van der Waals surface area contributed by atoms with Crippen molar-refractivity contribution in [2.24, 2.45) is 5.92 Å². The minimum atomic E-state index is -1.29. The van der Waals surface area contributed by atoms with E-state index in [2.05, 4.69) is 15.7 Å². The number of anilines is 1. The van der Waals surface area contributed by atoms with E-state index in [1.54, 1.807) is 6.07 Å². The van der Waals surface area contributed by atoms with Gasteiger partial charge in [-0.3, -0.25) is 9.59 Å². The molecule has 3 N–H and O–H groups in total. The van der Waals surface area contributed by atoms with Gasteiger partial charge in [-0.2, -0.15) is 5.10 Å². The number of hydrogen-bond acceptors (Lipinski definition) is 6. The van der Waals surface area contributed by atoms with Crippen molar-refractivity contribution in [1.82, 2.24) is 15.1 Å². The van der Waals surface area contributed by atoms with Gasteiger partial charge in [-0.25, -0.2) is 9.48 Å². The van der Waals surface area contributed by atoms with Crippen molar-refractivity contribution in [2.45, 2.75) is 77.2 Å². The molecule has 10 heteroatoms. The first-order valence-electron chi connectivity index (χ1n) is 14.7. The molecule has 2 aromatic carbocycles. The summed E-state index contributed by atoms with van der Waals surface area (Å²) < 4.78 is 13.3. The number of aryl methyl sites for hydroxylation is 1. The number of carboxylic acid groups (broad SMARTS) is 1. The molecule has 1 aromatic heterocycles. The third-order valence-corrected chi connectivity index (χ3v) is 7.96. The number of hydrogen-bond donors (Lipinski definition) is 3. The summed E-state index contributed by atoms with van der Waals surface area (Å²) in [6, 6.07) is 16.4. The highest BCUT2D eigenvalue weighted by atomic mass is 16.5. The zero-order valence-electron chi connectivity index (χ0n) is 23.9. The molecule has 2 atom stereocenters. The molecule has 0 unspecified atom stereocenters. The second kappa shape index (κ2) is 13.7. The highest BCUT2D eigenvalue weighted by Crippen LogP contribution is 2.31. The molecule has 3 aromatic rings. The molecule has 2 aliphatic rings. The summed E-state index contributed by atoms with van der Waals surface area (Å²) in [5, 5.41) is 19.5. The van der Waals surface area contributed by atoms with Crippen molar-refractivity contribution >= 4 is 23.5 Å². The van der Waals surface area contributed by atoms with E-state index in [1.807, 2.05) is 49.4 Å². The third kappa shape index (κ3) is 7.55. The molecule has 1 heterocycles. The summed E-state index contributed by atoms with van der Waals surface area (Å²) in [5.41, 5.74) is 2.12. The highest BCUT2D eigenvalue weighted by Gasteiger charge is 2.29. The number of carbonyl (C=O) groups excluding carboxylic acids is 2. The number of amides is 2. The molecule has 2 aliphatic carbocycles. The largest absolute Gasteiger partial charge is 0.491 e. The molecule has 0 saturated heterocycles. The number of carbonyl (C=O) groups is 3. The van der Waals surface area contributed by atoms with E-state index in [4.69, 9.17) is 9.47 Å². The number of benzene rings is 2. The van der Waals surface area contributed by atoms with Gasteiger partial charge >= 0.3 is 5.97 Å². The van der Waals surface area contributed by atoms with Crippen molar-refractivity contribution in [2.75, 3.05) is 11.9 Å². The predicted molar refractivity (Wildman–Crippen MR) is 157 cm³/mol. The van der Waals surface area contributed by atoms with Crippen LogP contribution in [-0.4, -0.2) is 51.4 Å². The van der Waals surface area contributed by atoms with E-state index in [-0.39, 0.29) is 36.0 Å². The molecule has 2 amide bonds. The van der Waals surface area contributed by atoms with Crippen LogP contribution in [0, 0.1) is 12.8 Å². The highest BCUT2D eigenvalue weighted by molar-refractivity contribution is 6.05. The lowest BCUT2D eigenvalue weighted by molar-refractivity contribution is -0.124. The van der Waals surface area contributed by atoms with E-state index in [0.717, 1.165) is 54.3 Å². The first-order chi connectivity index (χ1) is 20.4. The summed E-state index contributed by atoms with van der Waals surface area (Å²) in [6.07, 6.45) is 6.92. The van der Waals surface area contributed by atoms with Gasteiger partial charge in [-0.1, -0.05) is 55.7 Å². The van der Waals surface area contributed by atoms with Crippen LogP contribution >= 0.6 is 0 Å². The quantitative estimate of drug-likeness (QED) is 0.278. The van der Waals surface area contributed by atoms with E-state index in [0.29, 0.717) is 30.6 Å². The van der Waals surface area contributed by atoms with Crippen LogP contribution in [-0.2, 0) is 22.7 Å². The Morgan fingerprint density at radius 2 is 1.79 bits per heavy atom. The Kier molecular flexibility index (Phi) is 9.53. The van der Waals surface area contributed by atoms with Crippen LogP contribution in [0.3, 0.4) is 0 Å². The van der Waals surface area contributed by atoms with Crippen LogP contribution in [0.5, 0.6) is 5.75 Å². The first kappa shape index (κ1) is 29.3. The van der Waals surface area contributed by atoms with Crippen LogP contribution < -0.4 is 15.4 Å². The van der Waals surface area contributed by atoms with Gasteiger partial charge in [0, 0.05) is 6.07 Å². The summed E-state index contributed by atoms with van der Waals surface area (Å²) >= 11 is 0. The minimum Gasteiger partial charge on any atom is -0.491 e.